The number of hydrogen-bond acceptors (Lipinski definition) is 1. The lowest BCUT2D eigenvalue weighted by molar-refractivity contribution is 0.135. The molecule has 1 radical (unpaired) electrons. The second-order valence-electron chi connectivity index (χ2n) is 4.00. The van der Waals surface area contributed by atoms with E-state index in [0.717, 1.165) is 19.1 Å². The zero-order chi connectivity index (χ0) is 8.23. The Morgan fingerprint density at radius 3 is 2.25 bits per heavy atom. The minimum atomic E-state index is 0.878. The van der Waals surface area contributed by atoms with Crippen molar-refractivity contribution in [3.05, 3.63) is 0 Å². The van der Waals surface area contributed by atoms with E-state index >= 15 is 0 Å². The van der Waals surface area contributed by atoms with Gasteiger partial charge in [0.15, 0.2) is 0 Å². The molecule has 0 aromatic rings. The second-order valence-corrected chi connectivity index (χ2v) is 4.00. The van der Waals surface area contributed by atoms with Crippen molar-refractivity contribution in [1.82, 2.24) is 10.2 Å². The Hall–Kier alpha value is -0.0800. The molecule has 2 fully saturated rings. The fourth-order valence-electron chi connectivity index (χ4n) is 2.39. The van der Waals surface area contributed by atoms with E-state index in [1.165, 1.54) is 45.2 Å². The lowest BCUT2D eigenvalue weighted by atomic mass is 10.0. The molecule has 2 saturated heterocycles. The molecule has 0 aromatic heterocycles. The molecule has 0 N–H and O–H groups in total. The monoisotopic (exact) mass is 167 g/mol. The summed E-state index contributed by atoms with van der Waals surface area (Å²) in [5, 5.41) is 4.40. The van der Waals surface area contributed by atoms with Crippen molar-refractivity contribution in [2.45, 2.75) is 38.1 Å². The molecule has 69 valence electrons. The Bertz CT molecular complexity index is 108. The van der Waals surface area contributed by atoms with Gasteiger partial charge in [0.25, 0.3) is 0 Å². The van der Waals surface area contributed by atoms with Gasteiger partial charge in [0.05, 0.1) is 0 Å². The first-order valence-electron chi connectivity index (χ1n) is 5.34. The first-order chi connectivity index (χ1) is 5.97. The molecular formula is C10H19N2. The summed E-state index contributed by atoms with van der Waals surface area (Å²) in [6.07, 6.45) is 6.94. The van der Waals surface area contributed by atoms with Crippen molar-refractivity contribution in [3.8, 4) is 0 Å². The highest BCUT2D eigenvalue weighted by Gasteiger charge is 2.22. The molecule has 12 heavy (non-hydrogen) atoms. The Balaban J connectivity index is 1.80. The van der Waals surface area contributed by atoms with Crippen LogP contribution < -0.4 is 5.32 Å². The Labute approximate surface area is 75.3 Å². The summed E-state index contributed by atoms with van der Waals surface area (Å²) in [7, 11) is 0. The van der Waals surface area contributed by atoms with Crippen LogP contribution in [0.1, 0.15) is 32.1 Å². The van der Waals surface area contributed by atoms with Crippen LogP contribution in [0.5, 0.6) is 0 Å². The molecule has 2 nitrogen and oxygen atoms in total. The molecule has 0 amide bonds. The minimum Gasteiger partial charge on any atom is -0.300 e. The van der Waals surface area contributed by atoms with Crippen LogP contribution in [0.3, 0.4) is 0 Å². The molecule has 0 saturated carbocycles. The summed E-state index contributed by atoms with van der Waals surface area (Å²) in [4.78, 5) is 2.69. The van der Waals surface area contributed by atoms with E-state index in [2.05, 4.69) is 10.2 Å². The standard InChI is InChI=1S/C10H19N2/c1-2-8-12(9-3-1)10-4-6-11-7-5-10/h10H,1-9H2. The molecule has 2 heterocycles. The number of rotatable bonds is 1. The molecule has 2 rings (SSSR count). The van der Waals surface area contributed by atoms with E-state index in [9.17, 15) is 0 Å². The average molecular weight is 167 g/mol. The summed E-state index contributed by atoms with van der Waals surface area (Å²) < 4.78 is 0. The number of nitrogens with zero attached hydrogens (tertiary/aromatic N) is 2. The molecule has 2 aliphatic heterocycles. The lowest BCUT2D eigenvalue weighted by Gasteiger charge is -2.36. The van der Waals surface area contributed by atoms with E-state index in [1.54, 1.807) is 0 Å². The number of piperidine rings is 2. The van der Waals surface area contributed by atoms with Crippen LogP contribution >= 0.6 is 0 Å². The molecule has 0 spiro atoms. The summed E-state index contributed by atoms with van der Waals surface area (Å²) in [6, 6.07) is 0.878. The van der Waals surface area contributed by atoms with Gasteiger partial charge in [-0.1, -0.05) is 6.42 Å². The van der Waals surface area contributed by atoms with Gasteiger partial charge in [0.1, 0.15) is 0 Å². The van der Waals surface area contributed by atoms with Crippen molar-refractivity contribution >= 4 is 0 Å². The average Bonchev–Trinajstić information content (AvgIpc) is 2.21. The summed E-state index contributed by atoms with van der Waals surface area (Å²) in [5.74, 6) is 0. The number of hydrogen-bond donors (Lipinski definition) is 0. The number of likely N-dealkylation sites (tertiary alicyclic amines) is 1. The first kappa shape index (κ1) is 8.52. The predicted molar refractivity (Wildman–Crippen MR) is 50.3 cm³/mol. The maximum absolute atomic E-state index is 4.40. The highest BCUT2D eigenvalue weighted by atomic mass is 15.2. The van der Waals surface area contributed by atoms with Crippen LogP contribution in [0.2, 0.25) is 0 Å². The van der Waals surface area contributed by atoms with Gasteiger partial charge in [-0.2, -0.15) is 0 Å². The fourth-order valence-corrected chi connectivity index (χ4v) is 2.39. The molecule has 0 unspecified atom stereocenters. The molecule has 2 heteroatoms. The van der Waals surface area contributed by atoms with E-state index in [1.807, 2.05) is 0 Å². The van der Waals surface area contributed by atoms with E-state index < -0.39 is 0 Å². The zero-order valence-electron chi connectivity index (χ0n) is 7.84. The highest BCUT2D eigenvalue weighted by Crippen LogP contribution is 2.17. The highest BCUT2D eigenvalue weighted by molar-refractivity contribution is 4.79. The van der Waals surface area contributed by atoms with E-state index in [0.29, 0.717) is 0 Å². The predicted octanol–water partition coefficient (Wildman–Crippen LogP) is 1.24. The van der Waals surface area contributed by atoms with Gasteiger partial charge in [0, 0.05) is 19.1 Å². The zero-order valence-corrected chi connectivity index (χ0v) is 7.84. The van der Waals surface area contributed by atoms with Crippen molar-refractivity contribution in [3.63, 3.8) is 0 Å². The van der Waals surface area contributed by atoms with Gasteiger partial charge in [-0.05, 0) is 38.8 Å². The first-order valence-corrected chi connectivity index (χ1v) is 5.34. The summed E-state index contributed by atoms with van der Waals surface area (Å²) in [5.41, 5.74) is 0. The second kappa shape index (κ2) is 4.24. The molecule has 0 aromatic carbocycles. The Morgan fingerprint density at radius 2 is 1.58 bits per heavy atom. The molecule has 0 bridgehead atoms. The van der Waals surface area contributed by atoms with Gasteiger partial charge in [0.2, 0.25) is 0 Å². The van der Waals surface area contributed by atoms with E-state index in [4.69, 9.17) is 0 Å². The lowest BCUT2D eigenvalue weighted by Crippen LogP contribution is -2.43. The normalized spacial score (nSPS) is 29.0. The maximum atomic E-state index is 4.40. The molecule has 0 atom stereocenters. The van der Waals surface area contributed by atoms with Crippen molar-refractivity contribution in [2.24, 2.45) is 0 Å². The van der Waals surface area contributed by atoms with Crippen molar-refractivity contribution < 1.29 is 0 Å². The van der Waals surface area contributed by atoms with Crippen LogP contribution in [-0.4, -0.2) is 37.1 Å². The van der Waals surface area contributed by atoms with Crippen molar-refractivity contribution in [2.75, 3.05) is 26.2 Å². The molecular weight excluding hydrogens is 148 g/mol. The minimum absolute atomic E-state index is 0.878. The van der Waals surface area contributed by atoms with Crippen molar-refractivity contribution in [1.29, 1.82) is 0 Å². The van der Waals surface area contributed by atoms with Crippen LogP contribution in [-0.2, 0) is 0 Å². The van der Waals surface area contributed by atoms with Gasteiger partial charge in [-0.15, -0.1) is 0 Å². The van der Waals surface area contributed by atoms with Gasteiger partial charge in [-0.25, -0.2) is 5.32 Å². The Morgan fingerprint density at radius 1 is 0.917 bits per heavy atom. The topological polar surface area (TPSA) is 17.3 Å². The smallest absolute Gasteiger partial charge is 0.0148 e. The third-order valence-corrected chi connectivity index (χ3v) is 3.15. The quantitative estimate of drug-likeness (QED) is 0.574. The van der Waals surface area contributed by atoms with Crippen LogP contribution in [0, 0.1) is 0 Å². The SMILES string of the molecule is C1CCN(C2CC[N]CC2)CC1. The van der Waals surface area contributed by atoms with Gasteiger partial charge >= 0.3 is 0 Å². The third kappa shape index (κ3) is 1.99. The van der Waals surface area contributed by atoms with Gasteiger partial charge < -0.3 is 4.90 Å². The Kier molecular flexibility index (Phi) is 3.01. The summed E-state index contributed by atoms with van der Waals surface area (Å²) in [6.45, 7) is 4.93. The third-order valence-electron chi connectivity index (χ3n) is 3.15. The summed E-state index contributed by atoms with van der Waals surface area (Å²) >= 11 is 0. The van der Waals surface area contributed by atoms with Crippen LogP contribution in [0.25, 0.3) is 0 Å². The largest absolute Gasteiger partial charge is 0.300 e. The molecule has 0 aliphatic carbocycles. The van der Waals surface area contributed by atoms with Gasteiger partial charge in [-0.3, -0.25) is 0 Å². The maximum Gasteiger partial charge on any atom is 0.0148 e. The van der Waals surface area contributed by atoms with Crippen LogP contribution in [0.4, 0.5) is 0 Å². The van der Waals surface area contributed by atoms with Crippen LogP contribution in [0.15, 0.2) is 0 Å². The fraction of sp³-hybridized carbons (Fsp3) is 1.00. The molecule has 2 aliphatic rings. The van der Waals surface area contributed by atoms with E-state index in [-0.39, 0.29) is 0 Å².